The van der Waals surface area contributed by atoms with E-state index in [0.717, 1.165) is 11.3 Å². The number of hydrogen-bond acceptors (Lipinski definition) is 2. The fourth-order valence-electron chi connectivity index (χ4n) is 2.97. The number of carbonyl (C=O) groups excluding carboxylic acids is 1. The van der Waals surface area contributed by atoms with Crippen molar-refractivity contribution in [3.8, 4) is 0 Å². The van der Waals surface area contributed by atoms with Crippen molar-refractivity contribution in [2.24, 2.45) is 23.2 Å². The highest BCUT2D eigenvalue weighted by atomic mass is 19.4. The van der Waals surface area contributed by atoms with Crippen LogP contribution in [0.3, 0.4) is 0 Å². The van der Waals surface area contributed by atoms with Crippen LogP contribution in [0.4, 0.5) is 13.2 Å². The van der Waals surface area contributed by atoms with E-state index >= 15 is 0 Å². The van der Waals surface area contributed by atoms with Crippen LogP contribution in [0.25, 0.3) is 0 Å². The SMILES string of the molecule is CCC1(C)CC1C(=O)N1C[C@@H](C(F)(F)F)[C@H](C(=O)O)C1. The van der Waals surface area contributed by atoms with E-state index in [1.807, 2.05) is 13.8 Å². The molecule has 4 nitrogen and oxygen atoms in total. The van der Waals surface area contributed by atoms with Gasteiger partial charge in [-0.15, -0.1) is 0 Å². The summed E-state index contributed by atoms with van der Waals surface area (Å²) < 4.78 is 38.5. The number of likely N-dealkylation sites (tertiary alicyclic amines) is 1. The number of amides is 1. The second-order valence-corrected chi connectivity index (χ2v) is 6.10. The molecular formula is C13H18F3NO3. The quantitative estimate of drug-likeness (QED) is 0.867. The number of aliphatic carboxylic acids is 1. The smallest absolute Gasteiger partial charge is 0.394 e. The van der Waals surface area contributed by atoms with Crippen LogP contribution in [0.2, 0.25) is 0 Å². The summed E-state index contributed by atoms with van der Waals surface area (Å²) in [7, 11) is 0. The Morgan fingerprint density at radius 1 is 1.35 bits per heavy atom. The molecule has 0 bridgehead atoms. The predicted octanol–water partition coefficient (Wildman–Crippen LogP) is 2.14. The van der Waals surface area contributed by atoms with Gasteiger partial charge in [-0.2, -0.15) is 13.2 Å². The van der Waals surface area contributed by atoms with Gasteiger partial charge in [-0.3, -0.25) is 9.59 Å². The number of halogens is 3. The van der Waals surface area contributed by atoms with Crippen LogP contribution < -0.4 is 0 Å². The van der Waals surface area contributed by atoms with Crippen LogP contribution in [-0.4, -0.2) is 41.1 Å². The number of carbonyl (C=O) groups is 2. The van der Waals surface area contributed by atoms with E-state index in [-0.39, 0.29) is 23.8 Å². The predicted molar refractivity (Wildman–Crippen MR) is 63.8 cm³/mol. The minimum atomic E-state index is -4.59. The van der Waals surface area contributed by atoms with Crippen LogP contribution in [0.15, 0.2) is 0 Å². The molecule has 7 heteroatoms. The summed E-state index contributed by atoms with van der Waals surface area (Å²) in [5, 5.41) is 8.91. The van der Waals surface area contributed by atoms with Crippen LogP contribution in [0.1, 0.15) is 26.7 Å². The maximum Gasteiger partial charge on any atom is 0.394 e. The average molecular weight is 293 g/mol. The molecule has 1 aliphatic heterocycles. The highest BCUT2D eigenvalue weighted by Gasteiger charge is 2.58. The summed E-state index contributed by atoms with van der Waals surface area (Å²) in [6.07, 6.45) is -3.12. The summed E-state index contributed by atoms with van der Waals surface area (Å²) in [6, 6.07) is 0. The van der Waals surface area contributed by atoms with Crippen LogP contribution in [0.5, 0.6) is 0 Å². The van der Waals surface area contributed by atoms with Crippen LogP contribution in [0, 0.1) is 23.2 Å². The minimum absolute atomic E-state index is 0.133. The van der Waals surface area contributed by atoms with Crippen molar-refractivity contribution in [2.75, 3.05) is 13.1 Å². The van der Waals surface area contributed by atoms with Crippen LogP contribution >= 0.6 is 0 Å². The van der Waals surface area contributed by atoms with Gasteiger partial charge in [0.15, 0.2) is 0 Å². The standard InChI is InChI=1S/C13H18F3NO3/c1-3-12(2)4-8(12)10(18)17-5-7(11(19)20)9(6-17)13(14,15)16/h7-9H,3-6H2,1-2H3,(H,19,20)/t7-,8?,9-,12?/m1/s1. The third kappa shape index (κ3) is 2.50. The van der Waals surface area contributed by atoms with E-state index in [0.29, 0.717) is 6.42 Å². The number of carboxylic acids is 1. The highest BCUT2D eigenvalue weighted by molar-refractivity contribution is 5.84. The van der Waals surface area contributed by atoms with E-state index in [1.54, 1.807) is 0 Å². The second-order valence-electron chi connectivity index (χ2n) is 6.10. The first kappa shape index (κ1) is 15.1. The van der Waals surface area contributed by atoms with Gasteiger partial charge in [0.2, 0.25) is 5.91 Å². The van der Waals surface area contributed by atoms with Gasteiger partial charge in [0.05, 0.1) is 11.8 Å². The van der Waals surface area contributed by atoms with Crippen molar-refractivity contribution in [2.45, 2.75) is 32.9 Å². The number of nitrogens with zero attached hydrogens (tertiary/aromatic N) is 1. The fourth-order valence-corrected chi connectivity index (χ4v) is 2.97. The van der Waals surface area contributed by atoms with Gasteiger partial charge < -0.3 is 10.0 Å². The van der Waals surface area contributed by atoms with Crippen molar-refractivity contribution >= 4 is 11.9 Å². The van der Waals surface area contributed by atoms with Crippen LogP contribution in [-0.2, 0) is 9.59 Å². The Kier molecular flexibility index (Phi) is 3.50. The average Bonchev–Trinajstić information content (AvgIpc) is 2.83. The molecule has 1 heterocycles. The Bertz CT molecular complexity index is 437. The van der Waals surface area contributed by atoms with Gasteiger partial charge in [-0.1, -0.05) is 13.8 Å². The topological polar surface area (TPSA) is 57.6 Å². The molecule has 0 spiro atoms. The monoisotopic (exact) mass is 293 g/mol. The molecule has 2 fully saturated rings. The van der Waals surface area contributed by atoms with E-state index in [9.17, 15) is 22.8 Å². The first-order valence-corrected chi connectivity index (χ1v) is 6.68. The highest BCUT2D eigenvalue weighted by Crippen LogP contribution is 2.56. The first-order chi connectivity index (χ1) is 9.10. The first-order valence-electron chi connectivity index (χ1n) is 6.68. The number of hydrogen-bond donors (Lipinski definition) is 1. The van der Waals surface area contributed by atoms with Crippen molar-refractivity contribution in [1.82, 2.24) is 4.90 Å². The molecule has 1 saturated heterocycles. The van der Waals surface area contributed by atoms with Gasteiger partial charge in [0, 0.05) is 19.0 Å². The van der Waals surface area contributed by atoms with E-state index in [2.05, 4.69) is 0 Å². The molecular weight excluding hydrogens is 275 g/mol. The molecule has 2 aliphatic rings. The van der Waals surface area contributed by atoms with E-state index in [1.165, 1.54) is 0 Å². The molecule has 1 saturated carbocycles. The van der Waals surface area contributed by atoms with Gasteiger partial charge in [-0.25, -0.2) is 0 Å². The van der Waals surface area contributed by atoms with Crippen molar-refractivity contribution in [3.63, 3.8) is 0 Å². The molecule has 1 amide bonds. The van der Waals surface area contributed by atoms with Gasteiger partial charge in [0.25, 0.3) is 0 Å². The van der Waals surface area contributed by atoms with E-state index in [4.69, 9.17) is 5.11 Å². The van der Waals surface area contributed by atoms with Gasteiger partial charge in [0.1, 0.15) is 0 Å². The number of alkyl halides is 3. The molecule has 1 N–H and O–H groups in total. The second kappa shape index (κ2) is 4.63. The molecule has 4 atom stereocenters. The molecule has 114 valence electrons. The Labute approximate surface area is 114 Å². The zero-order chi connectivity index (χ0) is 15.3. The van der Waals surface area contributed by atoms with Crippen molar-refractivity contribution < 1.29 is 27.9 Å². The lowest BCUT2D eigenvalue weighted by Gasteiger charge is -2.19. The Balaban J connectivity index is 2.09. The largest absolute Gasteiger partial charge is 0.481 e. The zero-order valence-electron chi connectivity index (χ0n) is 11.4. The Morgan fingerprint density at radius 2 is 1.95 bits per heavy atom. The summed E-state index contributed by atoms with van der Waals surface area (Å²) in [5.41, 5.74) is -0.133. The number of rotatable bonds is 3. The number of carboxylic acid groups (broad SMARTS) is 1. The summed E-state index contributed by atoms with van der Waals surface area (Å²) >= 11 is 0. The molecule has 2 rings (SSSR count). The third-order valence-electron chi connectivity index (χ3n) is 4.83. The summed E-state index contributed by atoms with van der Waals surface area (Å²) in [4.78, 5) is 24.2. The maximum absolute atomic E-state index is 12.8. The molecule has 1 aliphatic carbocycles. The Hall–Kier alpha value is -1.27. The maximum atomic E-state index is 12.8. The van der Waals surface area contributed by atoms with Crippen molar-refractivity contribution in [3.05, 3.63) is 0 Å². The lowest BCUT2D eigenvalue weighted by molar-refractivity contribution is -0.188. The molecule has 0 aromatic heterocycles. The summed E-state index contributed by atoms with van der Waals surface area (Å²) in [6.45, 7) is 3.00. The fraction of sp³-hybridized carbons (Fsp3) is 0.846. The lowest BCUT2D eigenvalue weighted by atomic mass is 9.96. The van der Waals surface area contributed by atoms with Gasteiger partial charge in [-0.05, 0) is 18.3 Å². The van der Waals surface area contributed by atoms with E-state index < -0.39 is 30.5 Å². The Morgan fingerprint density at radius 3 is 2.30 bits per heavy atom. The summed E-state index contributed by atoms with van der Waals surface area (Å²) in [5.74, 6) is -5.58. The minimum Gasteiger partial charge on any atom is -0.481 e. The molecule has 20 heavy (non-hydrogen) atoms. The molecule has 0 aromatic rings. The molecule has 2 unspecified atom stereocenters. The van der Waals surface area contributed by atoms with Crippen molar-refractivity contribution in [1.29, 1.82) is 0 Å². The normalized spacial score (nSPS) is 37.0. The lowest BCUT2D eigenvalue weighted by Crippen LogP contribution is -2.34. The third-order valence-corrected chi connectivity index (χ3v) is 4.83. The molecule has 0 aromatic carbocycles. The zero-order valence-corrected chi connectivity index (χ0v) is 11.4. The molecule has 0 radical (unpaired) electrons. The van der Waals surface area contributed by atoms with Gasteiger partial charge >= 0.3 is 12.1 Å².